The number of nitrogens with one attached hydrogen (secondary N) is 1. The van der Waals surface area contributed by atoms with Crippen molar-refractivity contribution in [3.05, 3.63) is 47.7 Å². The number of ether oxygens (including phenoxy) is 1. The number of phenolic OH excluding ortho intramolecular Hbond substituents is 1. The molecule has 47 heavy (non-hydrogen) atoms. The highest BCUT2D eigenvalue weighted by Gasteiger charge is 2.52. The number of anilines is 1. The van der Waals surface area contributed by atoms with E-state index in [-0.39, 0.29) is 76.3 Å². The van der Waals surface area contributed by atoms with Gasteiger partial charge in [-0.25, -0.2) is 22.0 Å². The van der Waals surface area contributed by atoms with Gasteiger partial charge in [-0.1, -0.05) is 12.0 Å². The van der Waals surface area contributed by atoms with Crippen molar-refractivity contribution in [2.24, 2.45) is 0 Å². The number of fused-ring (bicyclic) bond motifs is 5. The van der Waals surface area contributed by atoms with E-state index in [1.807, 2.05) is 0 Å². The Balaban J connectivity index is 1.28. The fourth-order valence-electron chi connectivity index (χ4n) is 8.23. The van der Waals surface area contributed by atoms with Crippen molar-refractivity contribution in [3.8, 4) is 35.4 Å². The summed E-state index contributed by atoms with van der Waals surface area (Å²) in [4.78, 5) is 17.2. The molecule has 8 rings (SSSR count). The average molecular weight is 651 g/mol. The largest absolute Gasteiger partial charge is 0.508 e. The number of aromatic hydroxyl groups is 1. The van der Waals surface area contributed by atoms with Gasteiger partial charge < -0.3 is 20.1 Å². The number of aromatic nitrogens is 3. The lowest BCUT2D eigenvalue weighted by atomic mass is 9.95. The molecule has 4 fully saturated rings. The zero-order valence-corrected chi connectivity index (χ0v) is 25.2. The van der Waals surface area contributed by atoms with Gasteiger partial charge in [-0.3, -0.25) is 9.88 Å². The highest BCUT2D eigenvalue weighted by atomic mass is 19.3. The van der Waals surface area contributed by atoms with Gasteiger partial charge in [-0.15, -0.1) is 6.42 Å². The highest BCUT2D eigenvalue weighted by molar-refractivity contribution is 6.03. The number of alkyl halides is 3. The first-order valence-corrected chi connectivity index (χ1v) is 15.7. The lowest BCUT2D eigenvalue weighted by Gasteiger charge is -2.41. The molecule has 13 heteroatoms. The molecule has 6 heterocycles. The molecule has 2 aromatic heterocycles. The quantitative estimate of drug-likeness (QED) is 0.214. The Kier molecular flexibility index (Phi) is 6.97. The number of benzene rings is 2. The third-order valence-electron chi connectivity index (χ3n) is 10.4. The van der Waals surface area contributed by atoms with Crippen LogP contribution in [-0.2, 0) is 0 Å². The maximum atomic E-state index is 16.8. The summed E-state index contributed by atoms with van der Waals surface area (Å²) in [6.07, 6.45) is 6.09. The molecule has 2 aromatic carbocycles. The SMILES string of the molecule is C#Cc1c(F)ccc2cc(O)cc(-c3ncc4c(N5C[C@H]6CC[C@@](C(F)F)(C5)N6)nc(OC[C@@]56CCCN5C[C@H](F)C6)nc4c3F)c12. The van der Waals surface area contributed by atoms with E-state index in [0.29, 0.717) is 31.3 Å². The molecule has 0 amide bonds. The van der Waals surface area contributed by atoms with Crippen molar-refractivity contribution < 1.29 is 31.8 Å². The van der Waals surface area contributed by atoms with Crippen LogP contribution in [0.5, 0.6) is 11.8 Å². The van der Waals surface area contributed by atoms with E-state index in [4.69, 9.17) is 11.2 Å². The molecule has 2 N–H and O–H groups in total. The molecular weight excluding hydrogens is 619 g/mol. The number of halogens is 5. The maximum absolute atomic E-state index is 16.8. The first-order valence-electron chi connectivity index (χ1n) is 15.7. The van der Waals surface area contributed by atoms with Gasteiger partial charge in [0.15, 0.2) is 5.82 Å². The van der Waals surface area contributed by atoms with Gasteiger partial charge in [0.05, 0.1) is 22.0 Å². The second-order valence-corrected chi connectivity index (χ2v) is 13.3. The molecule has 0 aliphatic carbocycles. The summed E-state index contributed by atoms with van der Waals surface area (Å²) in [7, 11) is 0. The Hall–Kier alpha value is -4.28. The van der Waals surface area contributed by atoms with Crippen LogP contribution in [0, 0.1) is 24.0 Å². The minimum absolute atomic E-state index is 0.0479. The number of hydrogen-bond acceptors (Lipinski definition) is 8. The van der Waals surface area contributed by atoms with Crippen LogP contribution in [0.1, 0.15) is 37.7 Å². The van der Waals surface area contributed by atoms with Crippen molar-refractivity contribution in [2.75, 3.05) is 37.7 Å². The highest BCUT2D eigenvalue weighted by Crippen LogP contribution is 2.43. The van der Waals surface area contributed by atoms with Gasteiger partial charge in [0.2, 0.25) is 0 Å². The lowest BCUT2D eigenvalue weighted by Crippen LogP contribution is -2.63. The molecule has 4 aliphatic rings. The Labute approximate surface area is 266 Å². The molecule has 4 atom stereocenters. The fraction of sp³-hybridized carbons (Fsp3) is 0.441. The van der Waals surface area contributed by atoms with E-state index in [0.717, 1.165) is 19.4 Å². The van der Waals surface area contributed by atoms with Crippen LogP contribution in [-0.4, -0.2) is 87.5 Å². The molecule has 4 aromatic rings. The van der Waals surface area contributed by atoms with Crippen LogP contribution < -0.4 is 15.0 Å². The molecule has 244 valence electrons. The Morgan fingerprint density at radius 2 is 2.02 bits per heavy atom. The molecule has 0 saturated carbocycles. The summed E-state index contributed by atoms with van der Waals surface area (Å²) < 4.78 is 81.0. The first-order chi connectivity index (χ1) is 22.6. The van der Waals surface area contributed by atoms with Crippen molar-refractivity contribution in [2.45, 2.75) is 61.8 Å². The summed E-state index contributed by atoms with van der Waals surface area (Å²) in [6, 6.07) is 4.82. The minimum atomic E-state index is -2.64. The summed E-state index contributed by atoms with van der Waals surface area (Å²) in [5, 5.41) is 14.3. The molecule has 0 unspecified atom stereocenters. The minimum Gasteiger partial charge on any atom is -0.508 e. The summed E-state index contributed by atoms with van der Waals surface area (Å²) >= 11 is 0. The normalized spacial score (nSPS) is 27.2. The second-order valence-electron chi connectivity index (χ2n) is 13.3. The van der Waals surface area contributed by atoms with Crippen molar-refractivity contribution in [3.63, 3.8) is 0 Å². The topological polar surface area (TPSA) is 86.6 Å². The predicted octanol–water partition coefficient (Wildman–Crippen LogP) is 5.34. The first kappa shape index (κ1) is 30.1. The van der Waals surface area contributed by atoms with E-state index in [2.05, 4.69) is 31.1 Å². The monoisotopic (exact) mass is 650 g/mol. The molecule has 2 bridgehead atoms. The number of pyridine rings is 1. The van der Waals surface area contributed by atoms with Crippen molar-refractivity contribution in [1.82, 2.24) is 25.2 Å². The van der Waals surface area contributed by atoms with Gasteiger partial charge in [-0.05, 0) is 55.8 Å². The number of nitrogens with zero attached hydrogens (tertiary/aromatic N) is 5. The van der Waals surface area contributed by atoms with Gasteiger partial charge in [0, 0.05) is 49.2 Å². The van der Waals surface area contributed by atoms with E-state index in [1.54, 1.807) is 4.90 Å². The smallest absolute Gasteiger partial charge is 0.319 e. The van der Waals surface area contributed by atoms with E-state index in [9.17, 15) is 22.7 Å². The number of terminal acetylenes is 1. The summed E-state index contributed by atoms with van der Waals surface area (Å²) in [6.45, 7) is 1.39. The molecule has 4 saturated heterocycles. The van der Waals surface area contributed by atoms with Gasteiger partial charge >= 0.3 is 6.01 Å². The molecular formula is C34H31F5N6O2. The fourth-order valence-corrected chi connectivity index (χ4v) is 8.23. The number of rotatable bonds is 6. The predicted molar refractivity (Wildman–Crippen MR) is 165 cm³/mol. The van der Waals surface area contributed by atoms with Crippen LogP contribution in [0.2, 0.25) is 0 Å². The number of piperazine rings is 1. The molecule has 0 spiro atoms. The number of hydrogen-bond donors (Lipinski definition) is 2. The standard InChI is InChI=1S/C34H31F5N6O2/c1-2-22-25(36)5-4-18-10-21(46)11-23(26(18)22)28-27(37)29-24(13-40-28)30(44-15-20-6-8-34(16-44,43-20)31(38)39)42-32(41-29)47-17-33-7-3-9-45(33)14-19(35)12-33/h1,4-5,10-11,13,19-20,31,43,46H,3,6-9,12,14-17H2/t19-,20-,33+,34+/m1/s1. The average Bonchev–Trinajstić information content (AvgIpc) is 3.69. The van der Waals surface area contributed by atoms with E-state index in [1.165, 1.54) is 30.5 Å². The van der Waals surface area contributed by atoms with Crippen LogP contribution >= 0.6 is 0 Å². The Morgan fingerprint density at radius 3 is 2.83 bits per heavy atom. The molecule has 0 radical (unpaired) electrons. The third-order valence-corrected chi connectivity index (χ3v) is 10.4. The van der Waals surface area contributed by atoms with Crippen molar-refractivity contribution in [1.29, 1.82) is 0 Å². The van der Waals surface area contributed by atoms with Gasteiger partial charge in [-0.2, -0.15) is 9.97 Å². The van der Waals surface area contributed by atoms with Crippen molar-refractivity contribution >= 4 is 27.5 Å². The van der Waals surface area contributed by atoms with Crippen LogP contribution in [0.25, 0.3) is 32.9 Å². The lowest BCUT2D eigenvalue weighted by molar-refractivity contribution is 0.0367. The zero-order chi connectivity index (χ0) is 32.7. The summed E-state index contributed by atoms with van der Waals surface area (Å²) in [5.41, 5.74) is -2.51. The Bertz CT molecular complexity index is 1970. The van der Waals surface area contributed by atoms with Crippen LogP contribution in [0.3, 0.4) is 0 Å². The van der Waals surface area contributed by atoms with Crippen LogP contribution in [0.4, 0.5) is 27.8 Å². The van der Waals surface area contributed by atoms with Crippen LogP contribution in [0.15, 0.2) is 30.5 Å². The maximum Gasteiger partial charge on any atom is 0.319 e. The van der Waals surface area contributed by atoms with E-state index < -0.39 is 35.3 Å². The molecule has 4 aliphatic heterocycles. The Morgan fingerprint density at radius 1 is 1.17 bits per heavy atom. The summed E-state index contributed by atoms with van der Waals surface area (Å²) in [5.74, 6) is 0.681. The van der Waals surface area contributed by atoms with Gasteiger partial charge in [0.1, 0.15) is 41.4 Å². The zero-order valence-electron chi connectivity index (χ0n) is 25.2. The second kappa shape index (κ2) is 10.9. The van der Waals surface area contributed by atoms with Gasteiger partial charge in [0.25, 0.3) is 6.43 Å². The molecule has 8 nitrogen and oxygen atoms in total. The number of phenols is 1. The van der Waals surface area contributed by atoms with E-state index >= 15 is 4.39 Å². The third kappa shape index (κ3) is 4.75.